The predicted octanol–water partition coefficient (Wildman–Crippen LogP) is 3.75. The van der Waals surface area contributed by atoms with Crippen LogP contribution in [0.5, 0.6) is 5.88 Å². The Hall–Kier alpha value is -3.50. The molecule has 0 bridgehead atoms. The van der Waals surface area contributed by atoms with Crippen LogP contribution in [0.25, 0.3) is 0 Å². The largest absolute Gasteiger partial charge is 0.469 e. The van der Waals surface area contributed by atoms with Gasteiger partial charge in [0.25, 0.3) is 11.8 Å². The smallest absolute Gasteiger partial charge is 0.302 e. The first-order chi connectivity index (χ1) is 15.5. The number of nitrogens with zero attached hydrogens (tertiary/aromatic N) is 3. The van der Waals surface area contributed by atoms with Crippen LogP contribution in [0.1, 0.15) is 54.5 Å². The second-order valence-corrected chi connectivity index (χ2v) is 8.01. The molecule has 2 aromatic heterocycles. The summed E-state index contributed by atoms with van der Waals surface area (Å²) < 4.78 is 46.3. The average molecular weight is 463 g/mol. The number of hydrogen-bond acceptors (Lipinski definition) is 6. The van der Waals surface area contributed by atoms with E-state index in [-0.39, 0.29) is 29.0 Å². The minimum absolute atomic E-state index is 0.0239. The van der Waals surface area contributed by atoms with Crippen LogP contribution >= 0.6 is 0 Å². The van der Waals surface area contributed by atoms with Gasteiger partial charge in [0.05, 0.1) is 6.04 Å². The third-order valence-electron chi connectivity index (χ3n) is 4.96. The van der Waals surface area contributed by atoms with Crippen molar-refractivity contribution in [3.8, 4) is 5.88 Å². The van der Waals surface area contributed by atoms with Crippen molar-refractivity contribution in [2.75, 3.05) is 11.9 Å². The highest BCUT2D eigenvalue weighted by atomic mass is 19.3. The maximum Gasteiger partial charge on any atom is 0.302 e. The Morgan fingerprint density at radius 3 is 2.61 bits per heavy atom. The molecular weight excluding hydrogens is 439 g/mol. The van der Waals surface area contributed by atoms with Crippen molar-refractivity contribution >= 4 is 17.8 Å². The van der Waals surface area contributed by atoms with Crippen molar-refractivity contribution in [1.82, 2.24) is 20.3 Å². The molecule has 3 rings (SSSR count). The van der Waals surface area contributed by atoms with Crippen molar-refractivity contribution in [1.29, 1.82) is 0 Å². The van der Waals surface area contributed by atoms with E-state index in [1.54, 1.807) is 13.8 Å². The molecule has 2 aromatic rings. The normalized spacial score (nSPS) is 14.4. The van der Waals surface area contributed by atoms with E-state index in [1.165, 1.54) is 12.3 Å². The topological polar surface area (TPSA) is 106 Å². The summed E-state index contributed by atoms with van der Waals surface area (Å²) in [5, 5.41) is 5.25. The Morgan fingerprint density at radius 1 is 1.30 bits per heavy atom. The van der Waals surface area contributed by atoms with Gasteiger partial charge in [-0.2, -0.15) is 8.78 Å². The number of aryl methyl sites for hydroxylation is 1. The van der Waals surface area contributed by atoms with Gasteiger partial charge in [-0.3, -0.25) is 14.9 Å². The molecule has 1 aliphatic carbocycles. The fourth-order valence-electron chi connectivity index (χ4n) is 2.72. The van der Waals surface area contributed by atoms with Gasteiger partial charge in [0.15, 0.2) is 12.4 Å². The van der Waals surface area contributed by atoms with E-state index >= 15 is 0 Å². The highest BCUT2D eigenvalue weighted by Crippen LogP contribution is 2.30. The summed E-state index contributed by atoms with van der Waals surface area (Å²) in [7, 11) is 0. The summed E-state index contributed by atoms with van der Waals surface area (Å²) in [4.78, 5) is 36.5. The molecule has 8 nitrogen and oxygen atoms in total. The van der Waals surface area contributed by atoms with Crippen molar-refractivity contribution in [2.45, 2.75) is 45.6 Å². The number of aromatic nitrogens is 3. The first-order valence-corrected chi connectivity index (χ1v) is 10.3. The Morgan fingerprint density at radius 2 is 2.00 bits per heavy atom. The van der Waals surface area contributed by atoms with Gasteiger partial charge < -0.3 is 10.1 Å². The molecule has 2 heterocycles. The highest BCUT2D eigenvalue weighted by Gasteiger charge is 2.32. The van der Waals surface area contributed by atoms with Crippen molar-refractivity contribution in [3.63, 3.8) is 0 Å². The number of pyridine rings is 1. The number of halogens is 3. The molecule has 0 saturated heterocycles. The molecule has 0 aliphatic heterocycles. The number of alkyl halides is 2. The number of ether oxygens (including phenoxy) is 1. The minimum atomic E-state index is -3.32. The Balaban J connectivity index is 1.65. The number of hydrogen-bond donors (Lipinski definition) is 2. The SMILES string of the molecule is C=C(C)C(F)(F)COc1ncc(C(C)NC(=O)c2cc(C)nc(NC(=O)C3CC3)n2)cc1F. The summed E-state index contributed by atoms with van der Waals surface area (Å²) in [6, 6.07) is 1.80. The van der Waals surface area contributed by atoms with Crippen molar-refractivity contribution < 1.29 is 27.5 Å². The van der Waals surface area contributed by atoms with E-state index in [4.69, 9.17) is 4.74 Å². The second-order valence-electron chi connectivity index (χ2n) is 8.01. The van der Waals surface area contributed by atoms with Gasteiger partial charge in [0.2, 0.25) is 11.9 Å². The van der Waals surface area contributed by atoms with Crippen LogP contribution < -0.4 is 15.4 Å². The van der Waals surface area contributed by atoms with E-state index in [1.807, 2.05) is 0 Å². The summed E-state index contributed by atoms with van der Waals surface area (Å²) in [5.74, 6) is -5.63. The zero-order valence-electron chi connectivity index (χ0n) is 18.4. The molecule has 1 atom stereocenters. The molecule has 1 saturated carbocycles. The fraction of sp³-hybridized carbons (Fsp3) is 0.409. The van der Waals surface area contributed by atoms with E-state index in [0.29, 0.717) is 5.69 Å². The second kappa shape index (κ2) is 9.55. The molecule has 0 radical (unpaired) electrons. The maximum absolute atomic E-state index is 14.3. The van der Waals surface area contributed by atoms with Gasteiger partial charge >= 0.3 is 5.92 Å². The molecule has 0 spiro atoms. The molecule has 176 valence electrons. The number of nitrogens with one attached hydrogen (secondary N) is 2. The lowest BCUT2D eigenvalue weighted by atomic mass is 10.1. The monoisotopic (exact) mass is 463 g/mol. The lowest BCUT2D eigenvalue weighted by Crippen LogP contribution is -2.29. The molecule has 1 unspecified atom stereocenters. The molecule has 2 N–H and O–H groups in total. The fourth-order valence-corrected chi connectivity index (χ4v) is 2.72. The molecule has 11 heteroatoms. The predicted molar refractivity (Wildman–Crippen MR) is 113 cm³/mol. The summed E-state index contributed by atoms with van der Waals surface area (Å²) in [6.45, 7) is 6.47. The van der Waals surface area contributed by atoms with Gasteiger partial charge in [-0.15, -0.1) is 0 Å². The van der Waals surface area contributed by atoms with Crippen LogP contribution in [0.3, 0.4) is 0 Å². The standard InChI is InChI=1S/C22H24F3N5O3/c1-11(2)22(24,25)10-33-20-16(23)8-15(9-26-20)13(4)28-19(32)17-7-12(3)27-21(29-17)30-18(31)14-5-6-14/h7-9,13-14H,1,5-6,10H2,2-4H3,(H,28,32)(H,27,29,30,31). The summed E-state index contributed by atoms with van der Waals surface area (Å²) in [6.07, 6.45) is 2.84. The highest BCUT2D eigenvalue weighted by molar-refractivity contribution is 5.95. The summed E-state index contributed by atoms with van der Waals surface area (Å²) in [5.41, 5.74) is 0.379. The van der Waals surface area contributed by atoms with E-state index in [9.17, 15) is 22.8 Å². The van der Waals surface area contributed by atoms with Crippen molar-refractivity contribution in [3.05, 3.63) is 53.3 Å². The Bertz CT molecular complexity index is 1090. The zero-order valence-corrected chi connectivity index (χ0v) is 18.4. The molecule has 0 aromatic carbocycles. The Kier molecular flexibility index (Phi) is 6.99. The average Bonchev–Trinajstić information content (AvgIpc) is 3.57. The Labute approximate surface area is 188 Å². The van der Waals surface area contributed by atoms with Crippen LogP contribution in [-0.2, 0) is 4.79 Å². The van der Waals surface area contributed by atoms with Gasteiger partial charge in [-0.25, -0.2) is 19.3 Å². The molecule has 33 heavy (non-hydrogen) atoms. The van der Waals surface area contributed by atoms with Gasteiger partial charge in [-0.05, 0) is 56.9 Å². The summed E-state index contributed by atoms with van der Waals surface area (Å²) >= 11 is 0. The van der Waals surface area contributed by atoms with E-state index < -0.39 is 41.7 Å². The lowest BCUT2D eigenvalue weighted by molar-refractivity contribution is -0.117. The number of carbonyl (C=O) groups excluding carboxylic acids is 2. The quantitative estimate of drug-likeness (QED) is 0.549. The molecule has 2 amide bonds. The van der Waals surface area contributed by atoms with E-state index in [0.717, 1.165) is 25.8 Å². The number of carbonyl (C=O) groups is 2. The van der Waals surface area contributed by atoms with E-state index in [2.05, 4.69) is 32.2 Å². The molecule has 1 fully saturated rings. The van der Waals surface area contributed by atoms with Crippen LogP contribution in [-0.4, -0.2) is 39.3 Å². The van der Waals surface area contributed by atoms with Crippen LogP contribution in [0, 0.1) is 18.7 Å². The first kappa shape index (κ1) is 24.1. The first-order valence-electron chi connectivity index (χ1n) is 10.3. The molecule has 1 aliphatic rings. The number of rotatable bonds is 9. The van der Waals surface area contributed by atoms with Crippen LogP contribution in [0.15, 0.2) is 30.5 Å². The third kappa shape index (κ3) is 6.27. The van der Waals surface area contributed by atoms with Crippen molar-refractivity contribution in [2.24, 2.45) is 5.92 Å². The van der Waals surface area contributed by atoms with Crippen LogP contribution in [0.2, 0.25) is 0 Å². The van der Waals surface area contributed by atoms with Gasteiger partial charge in [-0.1, -0.05) is 6.58 Å². The lowest BCUT2D eigenvalue weighted by Gasteiger charge is -2.18. The zero-order chi connectivity index (χ0) is 24.3. The maximum atomic E-state index is 14.3. The number of amides is 2. The minimum Gasteiger partial charge on any atom is -0.469 e. The van der Waals surface area contributed by atoms with Crippen LogP contribution in [0.4, 0.5) is 19.1 Å². The van der Waals surface area contributed by atoms with Gasteiger partial charge in [0.1, 0.15) is 5.69 Å². The third-order valence-corrected chi connectivity index (χ3v) is 4.96. The molecular formula is C22H24F3N5O3. The van der Waals surface area contributed by atoms with Gasteiger partial charge in [0, 0.05) is 17.8 Å². The number of anilines is 1.